The van der Waals surface area contributed by atoms with Crippen molar-refractivity contribution < 1.29 is 14.3 Å². The van der Waals surface area contributed by atoms with Gasteiger partial charge in [0, 0.05) is 5.56 Å². The minimum Gasteiger partial charge on any atom is -0.462 e. The Morgan fingerprint density at radius 1 is 1.22 bits per heavy atom. The van der Waals surface area contributed by atoms with Gasteiger partial charge in [-0.25, -0.2) is 0 Å². The first-order chi connectivity index (χ1) is 10.9. The second-order valence-electron chi connectivity index (χ2n) is 7.24. The highest BCUT2D eigenvalue weighted by Gasteiger charge is 2.33. The molecule has 0 N–H and O–H groups in total. The molecule has 0 bridgehead atoms. The molecule has 3 heteroatoms. The summed E-state index contributed by atoms with van der Waals surface area (Å²) in [5.41, 5.74) is 1.37. The molecule has 1 aromatic rings. The van der Waals surface area contributed by atoms with E-state index in [0.29, 0.717) is 23.3 Å². The van der Waals surface area contributed by atoms with E-state index < -0.39 is 0 Å². The lowest BCUT2D eigenvalue weighted by molar-refractivity contribution is -0.155. The molecule has 0 unspecified atom stereocenters. The predicted molar refractivity (Wildman–Crippen MR) is 91.4 cm³/mol. The van der Waals surface area contributed by atoms with Crippen molar-refractivity contribution in [1.29, 1.82) is 0 Å². The fraction of sp³-hybridized carbons (Fsp3) is 0.600. The maximum Gasteiger partial charge on any atom is 0.310 e. The second kappa shape index (κ2) is 7.76. The van der Waals surface area contributed by atoms with Crippen molar-refractivity contribution in [2.45, 2.75) is 59.5 Å². The molecule has 126 valence electrons. The largest absolute Gasteiger partial charge is 0.462 e. The van der Waals surface area contributed by atoms with Gasteiger partial charge in [-0.1, -0.05) is 51.5 Å². The van der Waals surface area contributed by atoms with Crippen LogP contribution in [0.25, 0.3) is 0 Å². The molecule has 0 radical (unpaired) electrons. The summed E-state index contributed by atoms with van der Waals surface area (Å²) >= 11 is 0. The van der Waals surface area contributed by atoms with Gasteiger partial charge < -0.3 is 4.74 Å². The van der Waals surface area contributed by atoms with Crippen LogP contribution < -0.4 is 0 Å². The van der Waals surface area contributed by atoms with E-state index in [2.05, 4.69) is 20.8 Å². The van der Waals surface area contributed by atoms with Gasteiger partial charge in [-0.3, -0.25) is 9.59 Å². The number of ether oxygens (including phenoxy) is 1. The third-order valence-electron chi connectivity index (χ3n) is 4.98. The lowest BCUT2D eigenvalue weighted by Gasteiger charge is -2.36. The Morgan fingerprint density at radius 3 is 2.57 bits per heavy atom. The molecule has 1 aliphatic rings. The predicted octanol–water partition coefficient (Wildman–Crippen LogP) is 4.44. The summed E-state index contributed by atoms with van der Waals surface area (Å²) in [6.07, 6.45) is 3.47. The van der Waals surface area contributed by atoms with Gasteiger partial charge in [0.1, 0.15) is 6.10 Å². The van der Waals surface area contributed by atoms with Crippen LogP contribution in [0.2, 0.25) is 0 Å². The molecule has 1 saturated carbocycles. The molecule has 0 aliphatic heterocycles. The van der Waals surface area contributed by atoms with Crippen LogP contribution in [0.4, 0.5) is 0 Å². The molecule has 0 amide bonds. The van der Waals surface area contributed by atoms with E-state index in [1.54, 1.807) is 6.07 Å². The van der Waals surface area contributed by atoms with Crippen molar-refractivity contribution in [3.05, 3.63) is 35.4 Å². The molecule has 3 nitrogen and oxygen atoms in total. The van der Waals surface area contributed by atoms with Gasteiger partial charge in [0.05, 0.1) is 6.42 Å². The number of benzene rings is 1. The topological polar surface area (TPSA) is 43.4 Å². The minimum atomic E-state index is -0.219. The Kier molecular flexibility index (Phi) is 5.97. The maximum atomic E-state index is 12.4. The van der Waals surface area contributed by atoms with E-state index >= 15 is 0 Å². The van der Waals surface area contributed by atoms with Gasteiger partial charge in [-0.15, -0.1) is 0 Å². The van der Waals surface area contributed by atoms with E-state index in [4.69, 9.17) is 4.74 Å². The van der Waals surface area contributed by atoms with Crippen molar-refractivity contribution in [2.24, 2.45) is 17.8 Å². The highest BCUT2D eigenvalue weighted by atomic mass is 16.5. The zero-order valence-electron chi connectivity index (χ0n) is 14.7. The number of hydrogen-bond acceptors (Lipinski definition) is 3. The number of ketones is 1. The highest BCUT2D eigenvalue weighted by molar-refractivity contribution is 5.96. The van der Waals surface area contributed by atoms with Crippen LogP contribution >= 0.6 is 0 Å². The molecule has 23 heavy (non-hydrogen) atoms. The first-order valence-corrected chi connectivity index (χ1v) is 8.66. The third-order valence-corrected chi connectivity index (χ3v) is 4.98. The number of carbonyl (C=O) groups excluding carboxylic acids is 2. The van der Waals surface area contributed by atoms with Gasteiger partial charge in [-0.05, 0) is 43.1 Å². The molecule has 0 heterocycles. The van der Waals surface area contributed by atoms with Gasteiger partial charge in [-0.2, -0.15) is 0 Å². The fourth-order valence-electron chi connectivity index (χ4n) is 3.63. The van der Waals surface area contributed by atoms with E-state index in [0.717, 1.165) is 18.4 Å². The van der Waals surface area contributed by atoms with E-state index in [9.17, 15) is 9.59 Å². The van der Waals surface area contributed by atoms with Crippen LogP contribution in [0.3, 0.4) is 0 Å². The molecule has 1 aliphatic carbocycles. The summed E-state index contributed by atoms with van der Waals surface area (Å²) in [4.78, 5) is 24.1. The number of esters is 1. The Hall–Kier alpha value is -1.64. The zero-order valence-corrected chi connectivity index (χ0v) is 14.7. The number of carbonyl (C=O) groups is 2. The summed E-state index contributed by atoms with van der Waals surface area (Å²) in [7, 11) is 0. The lowest BCUT2D eigenvalue weighted by atomic mass is 9.75. The van der Waals surface area contributed by atoms with Crippen LogP contribution in [-0.2, 0) is 16.0 Å². The first kappa shape index (κ1) is 17.7. The second-order valence-corrected chi connectivity index (χ2v) is 7.24. The fourth-order valence-corrected chi connectivity index (χ4v) is 3.63. The number of Topliss-reactive ketones (excluding diaryl/α,β-unsaturated/α-hetero) is 1. The first-order valence-electron chi connectivity index (χ1n) is 8.66. The van der Waals surface area contributed by atoms with Crippen LogP contribution in [0.5, 0.6) is 0 Å². The average Bonchev–Trinajstić information content (AvgIpc) is 2.47. The quantitative estimate of drug-likeness (QED) is 0.596. The van der Waals surface area contributed by atoms with E-state index in [1.165, 1.54) is 13.3 Å². The molecule has 1 fully saturated rings. The van der Waals surface area contributed by atoms with Crippen molar-refractivity contribution in [1.82, 2.24) is 0 Å². The van der Waals surface area contributed by atoms with Crippen molar-refractivity contribution in [2.75, 3.05) is 0 Å². The maximum absolute atomic E-state index is 12.4. The molecular weight excluding hydrogens is 288 g/mol. The smallest absolute Gasteiger partial charge is 0.310 e. The Morgan fingerprint density at radius 2 is 1.91 bits per heavy atom. The number of hydrogen-bond donors (Lipinski definition) is 0. The van der Waals surface area contributed by atoms with Crippen LogP contribution in [0.1, 0.15) is 62.9 Å². The molecule has 0 spiro atoms. The van der Waals surface area contributed by atoms with Gasteiger partial charge in [0.25, 0.3) is 0 Å². The third kappa shape index (κ3) is 4.66. The average molecular weight is 316 g/mol. The number of rotatable bonds is 5. The zero-order chi connectivity index (χ0) is 17.0. The normalized spacial score (nSPS) is 24.5. The summed E-state index contributed by atoms with van der Waals surface area (Å²) in [5, 5.41) is 0. The van der Waals surface area contributed by atoms with Crippen LogP contribution in [0, 0.1) is 17.8 Å². The van der Waals surface area contributed by atoms with Crippen molar-refractivity contribution in [3.63, 3.8) is 0 Å². The minimum absolute atomic E-state index is 0.00994. The Bertz CT molecular complexity index is 562. The SMILES string of the molecule is CC(=O)c1ccccc1CC(=O)O[C@H]1C[C@@H](C)CC[C@@H]1C(C)C. The molecular formula is C20H28O3. The van der Waals surface area contributed by atoms with Gasteiger partial charge >= 0.3 is 5.97 Å². The van der Waals surface area contributed by atoms with Crippen molar-refractivity contribution >= 4 is 11.8 Å². The molecule has 2 rings (SSSR count). The lowest BCUT2D eigenvalue weighted by Crippen LogP contribution is -2.36. The Labute approximate surface area is 139 Å². The monoisotopic (exact) mass is 316 g/mol. The van der Waals surface area contributed by atoms with Crippen LogP contribution in [-0.4, -0.2) is 17.9 Å². The summed E-state index contributed by atoms with van der Waals surface area (Å²) < 4.78 is 5.82. The van der Waals surface area contributed by atoms with Gasteiger partial charge in [0.15, 0.2) is 5.78 Å². The molecule has 1 aromatic carbocycles. The highest BCUT2D eigenvalue weighted by Crippen LogP contribution is 2.35. The molecule has 0 saturated heterocycles. The standard InChI is InChI=1S/C20H28O3/c1-13(2)17-10-9-14(3)11-19(17)23-20(22)12-16-7-5-6-8-18(16)15(4)21/h5-8,13-14,17,19H,9-12H2,1-4H3/t14-,17+,19-/m0/s1. The van der Waals surface area contributed by atoms with E-state index in [1.807, 2.05) is 18.2 Å². The summed E-state index contributed by atoms with van der Waals surface area (Å²) in [6, 6.07) is 7.28. The summed E-state index contributed by atoms with van der Waals surface area (Å²) in [5.74, 6) is 1.33. The Balaban J connectivity index is 2.05. The molecule has 3 atom stereocenters. The van der Waals surface area contributed by atoms with Crippen LogP contribution in [0.15, 0.2) is 24.3 Å². The summed E-state index contributed by atoms with van der Waals surface area (Å²) in [6.45, 7) is 8.16. The van der Waals surface area contributed by atoms with Crippen molar-refractivity contribution in [3.8, 4) is 0 Å². The van der Waals surface area contributed by atoms with E-state index in [-0.39, 0.29) is 24.3 Å². The molecule has 0 aromatic heterocycles. The van der Waals surface area contributed by atoms with Gasteiger partial charge in [0.2, 0.25) is 0 Å².